The van der Waals surface area contributed by atoms with Crippen LogP contribution < -0.4 is 5.32 Å². The molecule has 3 heterocycles. The lowest BCUT2D eigenvalue weighted by Crippen LogP contribution is -2.24. The first kappa shape index (κ1) is 31.8. The molecule has 0 fully saturated rings. The Bertz CT molecular complexity index is 1690. The van der Waals surface area contributed by atoms with Crippen molar-refractivity contribution in [1.29, 1.82) is 0 Å². The zero-order chi connectivity index (χ0) is 32.1. The molecule has 1 amide bonds. The van der Waals surface area contributed by atoms with E-state index in [1.165, 1.54) is 0 Å². The molecular weight excluding hydrogens is 564 g/mol. The van der Waals surface area contributed by atoms with Crippen LogP contribution in [0.25, 0.3) is 28.1 Å². The third-order valence-electron chi connectivity index (χ3n) is 8.06. The summed E-state index contributed by atoms with van der Waals surface area (Å²) >= 11 is 0. The maximum absolute atomic E-state index is 12.1. The standard InChI is InChI=1S/C34H44N10O/c1-8-23(2)19-27(20-35-22-30(45)42(5)6)24-9-11-25(12-10-24)33-31-28(39-43(33)7)14-13-26-21-36-34(38-32(26)31)37-29-15-16-44(40-29)18-17-41(3)4/h9-12,15-16,19-21,23H,8,13-14,17-18,22H2,1-7H3,(H,36,37,38,40)/b27-19+,35-20?. The first-order valence-electron chi connectivity index (χ1n) is 15.5. The highest BCUT2D eigenvalue weighted by Crippen LogP contribution is 2.40. The van der Waals surface area contributed by atoms with Crippen LogP contribution in [0.2, 0.25) is 0 Å². The molecule has 0 saturated heterocycles. The molecule has 0 bridgehead atoms. The lowest BCUT2D eigenvalue weighted by molar-refractivity contribution is -0.127. The van der Waals surface area contributed by atoms with E-state index in [-0.39, 0.29) is 12.5 Å². The summed E-state index contributed by atoms with van der Waals surface area (Å²) in [6, 6.07) is 10.4. The smallest absolute Gasteiger partial charge is 0.243 e. The molecule has 1 aliphatic carbocycles. The number of carbonyl (C=O) groups excluding carboxylic acids is 1. The van der Waals surface area contributed by atoms with Crippen molar-refractivity contribution in [2.75, 3.05) is 46.6 Å². The molecular formula is C34H44N10O. The average molecular weight is 609 g/mol. The van der Waals surface area contributed by atoms with Crippen molar-refractivity contribution < 1.29 is 4.79 Å². The number of nitrogens with one attached hydrogen (secondary N) is 1. The number of nitrogens with zero attached hydrogens (tertiary/aromatic N) is 9. The molecule has 11 heteroatoms. The second kappa shape index (κ2) is 14.0. The normalized spacial score (nSPS) is 13.6. The van der Waals surface area contributed by atoms with E-state index in [9.17, 15) is 4.79 Å². The number of aryl methyl sites for hydroxylation is 3. The van der Waals surface area contributed by atoms with E-state index in [4.69, 9.17) is 10.1 Å². The number of likely N-dealkylation sites (N-methyl/N-ethyl adjacent to an activating group) is 2. The van der Waals surface area contributed by atoms with Gasteiger partial charge in [-0.1, -0.05) is 50.6 Å². The number of hydrogen-bond donors (Lipinski definition) is 1. The van der Waals surface area contributed by atoms with Gasteiger partial charge in [0.2, 0.25) is 11.9 Å². The van der Waals surface area contributed by atoms with Crippen molar-refractivity contribution >= 4 is 29.5 Å². The van der Waals surface area contributed by atoms with Crippen LogP contribution in [-0.4, -0.2) is 92.7 Å². The minimum absolute atomic E-state index is 0.0254. The zero-order valence-electron chi connectivity index (χ0n) is 27.4. The number of benzene rings is 1. The quantitative estimate of drug-likeness (QED) is 0.232. The molecule has 4 aromatic rings. The molecule has 1 atom stereocenters. The summed E-state index contributed by atoms with van der Waals surface area (Å²) < 4.78 is 3.88. The van der Waals surface area contributed by atoms with Crippen LogP contribution >= 0.6 is 0 Å². The van der Waals surface area contributed by atoms with Gasteiger partial charge in [-0.25, -0.2) is 9.97 Å². The van der Waals surface area contributed by atoms with Crippen molar-refractivity contribution in [1.82, 2.24) is 39.3 Å². The van der Waals surface area contributed by atoms with Crippen LogP contribution in [0.5, 0.6) is 0 Å². The number of fused-ring (bicyclic) bond motifs is 3. The summed E-state index contributed by atoms with van der Waals surface area (Å²) in [4.78, 5) is 29.8. The van der Waals surface area contributed by atoms with Crippen molar-refractivity contribution in [3.63, 3.8) is 0 Å². The monoisotopic (exact) mass is 608 g/mol. The van der Waals surface area contributed by atoms with Gasteiger partial charge in [-0.2, -0.15) is 10.2 Å². The predicted octanol–water partition coefficient (Wildman–Crippen LogP) is 4.73. The van der Waals surface area contributed by atoms with Crippen LogP contribution in [0.4, 0.5) is 11.8 Å². The molecule has 5 rings (SSSR count). The second-order valence-electron chi connectivity index (χ2n) is 12.1. The van der Waals surface area contributed by atoms with Gasteiger partial charge in [0.1, 0.15) is 6.54 Å². The first-order valence-corrected chi connectivity index (χ1v) is 15.5. The molecule has 0 saturated carbocycles. The van der Waals surface area contributed by atoms with Gasteiger partial charge in [0.15, 0.2) is 5.82 Å². The van der Waals surface area contributed by atoms with Crippen molar-refractivity contribution in [3.05, 3.63) is 65.6 Å². The highest BCUT2D eigenvalue weighted by atomic mass is 16.2. The molecule has 236 valence electrons. The summed E-state index contributed by atoms with van der Waals surface area (Å²) in [7, 11) is 9.58. The number of allylic oxidation sites excluding steroid dienone is 2. The molecule has 1 aliphatic rings. The SMILES string of the molecule is CCC(C)/C=C(\C=NCC(=O)N(C)C)c1ccc(-c2c3c(nn2C)CCc2cnc(Nc4ccn(CCN(C)C)n4)nc2-3)cc1. The van der Waals surface area contributed by atoms with Crippen molar-refractivity contribution in [2.24, 2.45) is 18.0 Å². The number of amides is 1. The Kier molecular flexibility index (Phi) is 9.87. The van der Waals surface area contributed by atoms with E-state index in [1.807, 2.05) is 41.1 Å². The fraction of sp³-hybridized carbons (Fsp3) is 0.412. The highest BCUT2D eigenvalue weighted by Gasteiger charge is 2.27. The Labute approximate surface area is 265 Å². The lowest BCUT2D eigenvalue weighted by Gasteiger charge is -2.17. The van der Waals surface area contributed by atoms with Gasteiger partial charge in [0.25, 0.3) is 0 Å². The van der Waals surface area contributed by atoms with Crippen molar-refractivity contribution in [3.8, 4) is 22.5 Å². The van der Waals surface area contributed by atoms with E-state index < -0.39 is 0 Å². The Balaban J connectivity index is 1.43. The summed E-state index contributed by atoms with van der Waals surface area (Å²) in [6.07, 6.45) is 10.6. The van der Waals surface area contributed by atoms with Gasteiger partial charge < -0.3 is 15.1 Å². The van der Waals surface area contributed by atoms with E-state index >= 15 is 0 Å². The van der Waals surface area contributed by atoms with Crippen LogP contribution in [0.3, 0.4) is 0 Å². The summed E-state index contributed by atoms with van der Waals surface area (Å²) in [5, 5.41) is 12.8. The first-order chi connectivity index (χ1) is 21.6. The average Bonchev–Trinajstić information content (AvgIpc) is 3.62. The maximum Gasteiger partial charge on any atom is 0.243 e. The molecule has 11 nitrogen and oxygen atoms in total. The summed E-state index contributed by atoms with van der Waals surface area (Å²) in [5.41, 5.74) is 8.24. The number of aliphatic imine (C=N–C) groups is 1. The minimum atomic E-state index is -0.0254. The molecule has 1 unspecified atom stereocenters. The molecule has 0 radical (unpaired) electrons. The fourth-order valence-electron chi connectivity index (χ4n) is 5.25. The summed E-state index contributed by atoms with van der Waals surface area (Å²) in [5.74, 6) is 1.58. The van der Waals surface area contributed by atoms with E-state index in [1.54, 1.807) is 19.0 Å². The number of rotatable bonds is 12. The number of anilines is 2. The lowest BCUT2D eigenvalue weighted by atomic mass is 9.91. The molecule has 0 aliphatic heterocycles. The van der Waals surface area contributed by atoms with Gasteiger partial charge in [0, 0.05) is 63.5 Å². The third kappa shape index (κ3) is 7.54. The fourth-order valence-corrected chi connectivity index (χ4v) is 5.25. The van der Waals surface area contributed by atoms with Crippen LogP contribution in [0, 0.1) is 5.92 Å². The van der Waals surface area contributed by atoms with Gasteiger partial charge in [-0.3, -0.25) is 19.2 Å². The van der Waals surface area contributed by atoms with E-state index in [2.05, 4.69) is 83.6 Å². The molecule has 1 aromatic carbocycles. The van der Waals surface area contributed by atoms with Crippen molar-refractivity contribution in [2.45, 2.75) is 39.7 Å². The predicted molar refractivity (Wildman–Crippen MR) is 181 cm³/mol. The summed E-state index contributed by atoms with van der Waals surface area (Å²) in [6.45, 7) is 6.19. The Morgan fingerprint density at radius 2 is 1.89 bits per heavy atom. The maximum atomic E-state index is 12.1. The van der Waals surface area contributed by atoms with E-state index in [0.717, 1.165) is 77.3 Å². The van der Waals surface area contributed by atoms with E-state index in [0.29, 0.717) is 17.7 Å². The molecule has 3 aromatic heterocycles. The Morgan fingerprint density at radius 1 is 1.11 bits per heavy atom. The number of aromatic nitrogens is 6. The van der Waals surface area contributed by atoms with Gasteiger partial charge in [0.05, 0.1) is 23.6 Å². The van der Waals surface area contributed by atoms with Gasteiger partial charge in [-0.15, -0.1) is 0 Å². The Morgan fingerprint density at radius 3 is 2.60 bits per heavy atom. The molecule has 1 N–H and O–H groups in total. The third-order valence-corrected chi connectivity index (χ3v) is 8.06. The van der Waals surface area contributed by atoms with Crippen LogP contribution in [-0.2, 0) is 31.2 Å². The second-order valence-corrected chi connectivity index (χ2v) is 12.1. The number of hydrogen-bond acceptors (Lipinski definition) is 8. The van der Waals surface area contributed by atoms with Gasteiger partial charge >= 0.3 is 0 Å². The zero-order valence-corrected chi connectivity index (χ0v) is 27.4. The largest absolute Gasteiger partial charge is 0.347 e. The van der Waals surface area contributed by atoms with Crippen LogP contribution in [0.1, 0.15) is 37.1 Å². The van der Waals surface area contributed by atoms with Crippen LogP contribution in [0.15, 0.2) is 53.8 Å². The number of carbonyl (C=O) groups is 1. The molecule has 45 heavy (non-hydrogen) atoms. The molecule has 0 spiro atoms. The Hall–Kier alpha value is -4.64. The van der Waals surface area contributed by atoms with Gasteiger partial charge in [-0.05, 0) is 49.6 Å². The highest BCUT2D eigenvalue weighted by molar-refractivity contribution is 6.10. The topological polar surface area (TPSA) is 109 Å². The minimum Gasteiger partial charge on any atom is -0.347 e.